The maximum absolute atomic E-state index is 15.4. The second-order valence-electron chi connectivity index (χ2n) is 15.1. The van der Waals surface area contributed by atoms with E-state index in [2.05, 4.69) is 10.3 Å². The average Bonchev–Trinajstić information content (AvgIpc) is 3.60. The van der Waals surface area contributed by atoms with Crippen LogP contribution in [0.2, 0.25) is 0 Å². The summed E-state index contributed by atoms with van der Waals surface area (Å²) in [4.78, 5) is 62.8. The first kappa shape index (κ1) is 34.8. The van der Waals surface area contributed by atoms with Gasteiger partial charge in [-0.25, -0.2) is 0 Å². The minimum absolute atomic E-state index is 0.0145. The normalized spacial score (nSPS) is 27.4. The van der Waals surface area contributed by atoms with Gasteiger partial charge in [0, 0.05) is 36.3 Å². The number of hydrogen-bond donors (Lipinski definition) is 2. The van der Waals surface area contributed by atoms with Crippen molar-refractivity contribution in [2.45, 2.75) is 31.1 Å². The average molecular weight is 739 g/mol. The molecule has 4 fully saturated rings. The molecule has 9 rings (SSSR count). The Morgan fingerprint density at radius 3 is 2.24 bits per heavy atom. The molecule has 3 heterocycles. The van der Waals surface area contributed by atoms with E-state index in [-0.39, 0.29) is 24.0 Å². The number of nitrogens with zero attached hydrogens (tertiary/aromatic N) is 3. The molecule has 2 N–H and O–H groups in total. The van der Waals surface area contributed by atoms with Crippen molar-refractivity contribution < 1.29 is 33.8 Å². The van der Waals surface area contributed by atoms with Gasteiger partial charge in [-0.1, -0.05) is 65.7 Å². The minimum atomic E-state index is -1.45. The molecule has 4 amide bonds. The van der Waals surface area contributed by atoms with Gasteiger partial charge in [-0.15, -0.1) is 0 Å². The number of anilines is 3. The van der Waals surface area contributed by atoms with Crippen molar-refractivity contribution in [3.63, 3.8) is 0 Å². The van der Waals surface area contributed by atoms with Crippen LogP contribution in [0.15, 0.2) is 109 Å². The van der Waals surface area contributed by atoms with Gasteiger partial charge in [-0.3, -0.25) is 29.5 Å². The zero-order chi connectivity index (χ0) is 38.0. The number of imide groups is 2. The first-order valence-electron chi connectivity index (χ1n) is 18.9. The summed E-state index contributed by atoms with van der Waals surface area (Å²) in [5.41, 5.74) is 6.88. The molecule has 0 bridgehead atoms. The number of amides is 4. The number of hydrazine groups is 1. The van der Waals surface area contributed by atoms with Gasteiger partial charge in [0.15, 0.2) is 0 Å². The molecule has 5 aliphatic rings. The van der Waals surface area contributed by atoms with Gasteiger partial charge in [-0.05, 0) is 73.7 Å². The molecule has 2 aliphatic carbocycles. The van der Waals surface area contributed by atoms with Crippen molar-refractivity contribution in [2.75, 3.05) is 48.6 Å². The molecule has 0 spiro atoms. The van der Waals surface area contributed by atoms with Crippen molar-refractivity contribution in [2.24, 2.45) is 23.7 Å². The molecule has 4 aromatic carbocycles. The fourth-order valence-corrected chi connectivity index (χ4v) is 9.92. The van der Waals surface area contributed by atoms with Crippen LogP contribution in [0.25, 0.3) is 0 Å². The van der Waals surface area contributed by atoms with E-state index in [1.165, 1.54) is 18.1 Å². The summed E-state index contributed by atoms with van der Waals surface area (Å²) in [7, 11) is 1.50. The number of rotatable bonds is 7. The van der Waals surface area contributed by atoms with Gasteiger partial charge < -0.3 is 19.5 Å². The summed E-state index contributed by atoms with van der Waals surface area (Å²) in [6, 6.07) is 29.1. The number of fused-ring (bicyclic) bond motifs is 4. The van der Waals surface area contributed by atoms with Gasteiger partial charge in [0.25, 0.3) is 11.8 Å². The number of hydrogen-bond acceptors (Lipinski definition) is 9. The number of nitrogens with one attached hydrogen (secondary N) is 1. The number of phenolic OH excluding ortho intramolecular Hbond substituents is 1. The first-order chi connectivity index (χ1) is 26.7. The van der Waals surface area contributed by atoms with E-state index in [4.69, 9.17) is 9.47 Å². The Balaban J connectivity index is 1.17. The van der Waals surface area contributed by atoms with Crippen molar-refractivity contribution >= 4 is 40.7 Å². The molecule has 11 heteroatoms. The number of aryl methyl sites for hydroxylation is 1. The standard InChI is InChI=1S/C44H42N4O7/c1-26-8-10-28(11-9-26)45-48-41(51)36-25-35-32(39(33-17-16-31(49)24-37(33)54-2)44(36,43(48)53)27-6-4-3-5-7-27)18-19-34-38(35)42(52)47(40(34)50)30-14-12-29(13-15-30)46-20-22-55-23-21-46/h3-18,24,34-36,38-39,45,49H,19-23,25H2,1-2H3. The summed E-state index contributed by atoms with van der Waals surface area (Å²) in [6.07, 6.45) is 2.50. The van der Waals surface area contributed by atoms with Crippen molar-refractivity contribution in [3.05, 3.63) is 125 Å². The van der Waals surface area contributed by atoms with E-state index in [1.54, 1.807) is 12.1 Å². The predicted octanol–water partition coefficient (Wildman–Crippen LogP) is 5.74. The molecular formula is C44H42N4O7. The maximum atomic E-state index is 15.4. The lowest BCUT2D eigenvalue weighted by atomic mass is 9.49. The fourth-order valence-electron chi connectivity index (χ4n) is 9.92. The fraction of sp³-hybridized carbons (Fsp3) is 0.318. The first-order valence-corrected chi connectivity index (χ1v) is 18.9. The third-order valence-electron chi connectivity index (χ3n) is 12.4. The summed E-state index contributed by atoms with van der Waals surface area (Å²) in [6.45, 7) is 4.77. The van der Waals surface area contributed by atoms with E-state index in [0.29, 0.717) is 47.9 Å². The van der Waals surface area contributed by atoms with Crippen molar-refractivity contribution in [3.8, 4) is 11.5 Å². The van der Waals surface area contributed by atoms with Crippen LogP contribution in [-0.2, 0) is 29.3 Å². The van der Waals surface area contributed by atoms with Crippen LogP contribution >= 0.6 is 0 Å². The van der Waals surface area contributed by atoms with Crippen molar-refractivity contribution in [1.82, 2.24) is 5.01 Å². The molecule has 55 heavy (non-hydrogen) atoms. The third-order valence-corrected chi connectivity index (χ3v) is 12.4. The Labute approximate surface area is 319 Å². The highest BCUT2D eigenvalue weighted by atomic mass is 16.5. The van der Waals surface area contributed by atoms with E-state index >= 15 is 4.79 Å². The van der Waals surface area contributed by atoms with Crippen LogP contribution < -0.4 is 20.0 Å². The SMILES string of the molecule is COc1cc(O)ccc1C1C2=CCC3C(=O)N(c4ccc(N5CCOCC5)cc4)C(=O)C3C2CC2C(=O)N(Nc3ccc(C)cc3)C(=O)C21c1ccccc1. The highest BCUT2D eigenvalue weighted by Gasteiger charge is 2.70. The van der Waals surface area contributed by atoms with E-state index in [1.807, 2.05) is 91.9 Å². The number of allylic oxidation sites excluding steroid dienone is 2. The Kier molecular flexibility index (Phi) is 8.49. The number of methoxy groups -OCH3 is 1. The molecule has 4 aromatic rings. The largest absolute Gasteiger partial charge is 0.508 e. The molecule has 280 valence electrons. The van der Waals surface area contributed by atoms with Gasteiger partial charge in [0.05, 0.1) is 54.9 Å². The topological polar surface area (TPSA) is 129 Å². The van der Waals surface area contributed by atoms with Crippen LogP contribution in [0, 0.1) is 30.6 Å². The number of aromatic hydroxyl groups is 1. The molecule has 6 unspecified atom stereocenters. The number of ether oxygens (including phenoxy) is 2. The summed E-state index contributed by atoms with van der Waals surface area (Å²) >= 11 is 0. The summed E-state index contributed by atoms with van der Waals surface area (Å²) < 4.78 is 11.4. The van der Waals surface area contributed by atoms with Gasteiger partial charge in [0.2, 0.25) is 11.8 Å². The quantitative estimate of drug-likeness (QED) is 0.180. The van der Waals surface area contributed by atoms with Crippen LogP contribution in [0.3, 0.4) is 0 Å². The Bertz CT molecular complexity index is 2220. The second-order valence-corrected chi connectivity index (χ2v) is 15.1. The number of morpholine rings is 1. The third kappa shape index (κ3) is 5.35. The van der Waals surface area contributed by atoms with Gasteiger partial charge >= 0.3 is 0 Å². The lowest BCUT2D eigenvalue weighted by Crippen LogP contribution is -2.53. The second kappa shape index (κ2) is 13.4. The van der Waals surface area contributed by atoms with Crippen LogP contribution in [0.4, 0.5) is 17.1 Å². The smallest absolute Gasteiger partial charge is 0.260 e. The van der Waals surface area contributed by atoms with E-state index in [0.717, 1.165) is 34.9 Å². The molecule has 11 nitrogen and oxygen atoms in total. The molecule has 1 saturated carbocycles. The predicted molar refractivity (Wildman–Crippen MR) is 205 cm³/mol. The van der Waals surface area contributed by atoms with Crippen LogP contribution in [0.1, 0.15) is 35.4 Å². The number of carbonyl (C=O) groups excluding carboxylic acids is 4. The lowest BCUT2D eigenvalue weighted by Gasteiger charge is -2.50. The Hall–Kier alpha value is -5.94. The Morgan fingerprint density at radius 1 is 0.818 bits per heavy atom. The van der Waals surface area contributed by atoms with Crippen LogP contribution in [0.5, 0.6) is 11.5 Å². The zero-order valence-electron chi connectivity index (χ0n) is 30.7. The zero-order valence-corrected chi connectivity index (χ0v) is 30.7. The molecule has 3 aliphatic heterocycles. The number of carbonyl (C=O) groups is 4. The Morgan fingerprint density at radius 2 is 1.53 bits per heavy atom. The number of phenols is 1. The minimum Gasteiger partial charge on any atom is -0.508 e. The van der Waals surface area contributed by atoms with Crippen molar-refractivity contribution in [1.29, 1.82) is 0 Å². The highest BCUT2D eigenvalue weighted by Crippen LogP contribution is 2.65. The lowest BCUT2D eigenvalue weighted by molar-refractivity contribution is -0.138. The molecule has 6 atom stereocenters. The molecule has 3 saturated heterocycles. The monoisotopic (exact) mass is 738 g/mol. The van der Waals surface area contributed by atoms with E-state index in [9.17, 15) is 19.5 Å². The van der Waals surface area contributed by atoms with Gasteiger partial charge in [-0.2, -0.15) is 5.01 Å². The molecular weight excluding hydrogens is 697 g/mol. The number of benzene rings is 4. The molecule has 0 radical (unpaired) electrons. The summed E-state index contributed by atoms with van der Waals surface area (Å²) in [5.74, 6) is -4.65. The van der Waals surface area contributed by atoms with Crippen LogP contribution in [-0.4, -0.2) is 67.2 Å². The summed E-state index contributed by atoms with van der Waals surface area (Å²) in [5, 5.41) is 11.7. The maximum Gasteiger partial charge on any atom is 0.260 e. The van der Waals surface area contributed by atoms with E-state index < -0.39 is 46.8 Å². The van der Waals surface area contributed by atoms with Gasteiger partial charge in [0.1, 0.15) is 11.5 Å². The highest BCUT2D eigenvalue weighted by molar-refractivity contribution is 6.22. The molecule has 0 aromatic heterocycles.